The van der Waals surface area contributed by atoms with Crippen molar-refractivity contribution < 1.29 is 19.1 Å². The summed E-state index contributed by atoms with van der Waals surface area (Å²) in [6.07, 6.45) is 5.79. The SMILES string of the molecule is CCCN(CCC)C(=O)Cn1c(CCCCCNC(=O)Cc2ccc(OC)c(OC)c2)nc2ccccc21. The van der Waals surface area contributed by atoms with Gasteiger partial charge in [-0.15, -0.1) is 0 Å². The van der Waals surface area contributed by atoms with Crippen molar-refractivity contribution in [2.24, 2.45) is 0 Å². The molecule has 0 atom stereocenters. The van der Waals surface area contributed by atoms with E-state index in [4.69, 9.17) is 14.5 Å². The quantitative estimate of drug-likeness (QED) is 0.274. The maximum Gasteiger partial charge on any atom is 0.242 e. The molecule has 3 rings (SSSR count). The number of para-hydroxylation sites is 2. The molecule has 0 fully saturated rings. The zero-order valence-electron chi connectivity index (χ0n) is 23.3. The third kappa shape index (κ3) is 7.97. The Balaban J connectivity index is 1.49. The number of unbranched alkanes of at least 4 members (excludes halogenated alkanes) is 2. The van der Waals surface area contributed by atoms with E-state index in [9.17, 15) is 9.59 Å². The van der Waals surface area contributed by atoms with Gasteiger partial charge in [-0.05, 0) is 55.5 Å². The summed E-state index contributed by atoms with van der Waals surface area (Å²) in [6.45, 7) is 6.73. The number of hydrogen-bond donors (Lipinski definition) is 1. The first-order valence-electron chi connectivity index (χ1n) is 13.7. The van der Waals surface area contributed by atoms with Gasteiger partial charge >= 0.3 is 0 Å². The van der Waals surface area contributed by atoms with Crippen molar-refractivity contribution >= 4 is 22.8 Å². The Bertz CT molecular complexity index is 1180. The highest BCUT2D eigenvalue weighted by atomic mass is 16.5. The van der Waals surface area contributed by atoms with Crippen molar-refractivity contribution in [2.45, 2.75) is 65.3 Å². The first-order valence-corrected chi connectivity index (χ1v) is 13.7. The topological polar surface area (TPSA) is 85.7 Å². The van der Waals surface area contributed by atoms with Crippen LogP contribution in [0.15, 0.2) is 42.5 Å². The fraction of sp³-hybridized carbons (Fsp3) is 0.500. The molecule has 1 heterocycles. The number of rotatable bonds is 16. The highest BCUT2D eigenvalue weighted by molar-refractivity contribution is 5.81. The molecule has 0 aliphatic heterocycles. The molecule has 0 spiro atoms. The lowest BCUT2D eigenvalue weighted by molar-refractivity contribution is -0.132. The standard InChI is InChI=1S/C30H42N4O4/c1-5-18-33(19-6-2)30(36)22-34-25-13-10-9-12-24(25)32-28(34)14-8-7-11-17-31-29(35)21-23-15-16-26(37-3)27(20-23)38-4/h9-10,12-13,15-16,20H,5-8,11,14,17-19,21-22H2,1-4H3,(H,31,35). The van der Waals surface area contributed by atoms with Gasteiger partial charge in [-0.25, -0.2) is 4.98 Å². The summed E-state index contributed by atoms with van der Waals surface area (Å²) in [4.78, 5) is 32.3. The monoisotopic (exact) mass is 522 g/mol. The molecule has 0 saturated carbocycles. The van der Waals surface area contributed by atoms with Gasteiger partial charge in [-0.3, -0.25) is 9.59 Å². The van der Waals surface area contributed by atoms with Crippen LogP contribution >= 0.6 is 0 Å². The summed E-state index contributed by atoms with van der Waals surface area (Å²) in [5, 5.41) is 3.01. The number of methoxy groups -OCH3 is 2. The lowest BCUT2D eigenvalue weighted by Gasteiger charge is -2.22. The Morgan fingerprint density at radius 1 is 0.947 bits per heavy atom. The normalized spacial score (nSPS) is 10.9. The summed E-state index contributed by atoms with van der Waals surface area (Å²) in [6, 6.07) is 13.5. The van der Waals surface area contributed by atoms with Gasteiger partial charge in [-0.2, -0.15) is 0 Å². The van der Waals surface area contributed by atoms with E-state index in [0.29, 0.717) is 31.0 Å². The molecular formula is C30H42N4O4. The molecule has 0 aliphatic carbocycles. The number of imidazole rings is 1. The molecule has 2 amide bonds. The molecule has 1 aromatic heterocycles. The molecule has 0 bridgehead atoms. The summed E-state index contributed by atoms with van der Waals surface area (Å²) in [5.74, 6) is 2.35. The number of carbonyl (C=O) groups is 2. The van der Waals surface area contributed by atoms with E-state index < -0.39 is 0 Å². The van der Waals surface area contributed by atoms with Gasteiger partial charge < -0.3 is 24.3 Å². The Morgan fingerprint density at radius 2 is 1.68 bits per heavy atom. The highest BCUT2D eigenvalue weighted by Crippen LogP contribution is 2.27. The Morgan fingerprint density at radius 3 is 2.39 bits per heavy atom. The van der Waals surface area contributed by atoms with E-state index in [1.165, 1.54) is 0 Å². The van der Waals surface area contributed by atoms with E-state index in [1.807, 2.05) is 47.4 Å². The van der Waals surface area contributed by atoms with Crippen LogP contribution in [0.4, 0.5) is 0 Å². The number of fused-ring (bicyclic) bond motifs is 1. The van der Waals surface area contributed by atoms with E-state index in [-0.39, 0.29) is 11.8 Å². The highest BCUT2D eigenvalue weighted by Gasteiger charge is 2.17. The number of aromatic nitrogens is 2. The molecule has 3 aromatic rings. The smallest absolute Gasteiger partial charge is 0.242 e. The Labute approximate surface area is 226 Å². The van der Waals surface area contributed by atoms with Crippen LogP contribution < -0.4 is 14.8 Å². The average molecular weight is 523 g/mol. The number of ether oxygens (including phenoxy) is 2. The van der Waals surface area contributed by atoms with Crippen molar-refractivity contribution in [3.8, 4) is 11.5 Å². The van der Waals surface area contributed by atoms with Gasteiger partial charge in [0, 0.05) is 26.1 Å². The van der Waals surface area contributed by atoms with Gasteiger partial charge in [0.15, 0.2) is 11.5 Å². The van der Waals surface area contributed by atoms with Crippen molar-refractivity contribution in [3.05, 3.63) is 53.9 Å². The molecule has 0 saturated heterocycles. The number of nitrogens with one attached hydrogen (secondary N) is 1. The van der Waals surface area contributed by atoms with Crippen LogP contribution in [-0.4, -0.2) is 60.1 Å². The minimum Gasteiger partial charge on any atom is -0.493 e. The van der Waals surface area contributed by atoms with Gasteiger partial charge in [0.05, 0.1) is 31.7 Å². The molecule has 8 heteroatoms. The van der Waals surface area contributed by atoms with E-state index in [2.05, 4.69) is 23.7 Å². The molecule has 0 radical (unpaired) electrons. The predicted octanol–water partition coefficient (Wildman–Crippen LogP) is 4.77. The van der Waals surface area contributed by atoms with Gasteiger partial charge in [0.2, 0.25) is 11.8 Å². The third-order valence-electron chi connectivity index (χ3n) is 6.58. The van der Waals surface area contributed by atoms with Crippen LogP contribution in [0.2, 0.25) is 0 Å². The second kappa shape index (κ2) is 15.0. The first-order chi connectivity index (χ1) is 18.5. The molecule has 2 aromatic carbocycles. The van der Waals surface area contributed by atoms with Crippen LogP contribution in [0, 0.1) is 0 Å². The predicted molar refractivity (Wildman–Crippen MR) is 151 cm³/mol. The summed E-state index contributed by atoms with van der Waals surface area (Å²) < 4.78 is 12.7. The number of nitrogens with zero attached hydrogens (tertiary/aromatic N) is 3. The van der Waals surface area contributed by atoms with Crippen LogP contribution in [0.5, 0.6) is 11.5 Å². The average Bonchev–Trinajstić information content (AvgIpc) is 3.27. The Kier molecular flexibility index (Phi) is 11.5. The lowest BCUT2D eigenvalue weighted by atomic mass is 10.1. The van der Waals surface area contributed by atoms with Gasteiger partial charge in [-0.1, -0.05) is 38.5 Å². The van der Waals surface area contributed by atoms with E-state index >= 15 is 0 Å². The number of amides is 2. The second-order valence-electron chi connectivity index (χ2n) is 9.51. The van der Waals surface area contributed by atoms with Crippen molar-refractivity contribution in [2.75, 3.05) is 33.9 Å². The summed E-state index contributed by atoms with van der Waals surface area (Å²) >= 11 is 0. The van der Waals surface area contributed by atoms with Crippen molar-refractivity contribution in [1.29, 1.82) is 0 Å². The van der Waals surface area contributed by atoms with Gasteiger partial charge in [0.25, 0.3) is 0 Å². The Hall–Kier alpha value is -3.55. The molecule has 0 aliphatic rings. The zero-order valence-corrected chi connectivity index (χ0v) is 23.3. The minimum absolute atomic E-state index is 0.0127. The minimum atomic E-state index is -0.0127. The molecule has 1 N–H and O–H groups in total. The maximum absolute atomic E-state index is 13.1. The maximum atomic E-state index is 13.1. The van der Waals surface area contributed by atoms with Crippen LogP contribution in [0.25, 0.3) is 11.0 Å². The summed E-state index contributed by atoms with van der Waals surface area (Å²) in [7, 11) is 3.18. The van der Waals surface area contributed by atoms with Crippen molar-refractivity contribution in [1.82, 2.24) is 19.8 Å². The van der Waals surface area contributed by atoms with E-state index in [0.717, 1.165) is 74.0 Å². The van der Waals surface area contributed by atoms with Crippen LogP contribution in [-0.2, 0) is 29.0 Å². The molecule has 206 valence electrons. The first kappa shape index (κ1) is 29.0. The van der Waals surface area contributed by atoms with E-state index in [1.54, 1.807) is 14.2 Å². The third-order valence-corrected chi connectivity index (χ3v) is 6.58. The van der Waals surface area contributed by atoms with Crippen LogP contribution in [0.3, 0.4) is 0 Å². The fourth-order valence-corrected chi connectivity index (χ4v) is 4.68. The zero-order chi connectivity index (χ0) is 27.3. The molecule has 0 unspecified atom stereocenters. The number of benzene rings is 2. The van der Waals surface area contributed by atoms with Crippen molar-refractivity contribution in [3.63, 3.8) is 0 Å². The van der Waals surface area contributed by atoms with Gasteiger partial charge in [0.1, 0.15) is 12.4 Å². The number of hydrogen-bond acceptors (Lipinski definition) is 5. The lowest BCUT2D eigenvalue weighted by Crippen LogP contribution is -2.35. The molecular weight excluding hydrogens is 480 g/mol. The number of aryl methyl sites for hydroxylation is 1. The molecule has 8 nitrogen and oxygen atoms in total. The summed E-state index contributed by atoms with van der Waals surface area (Å²) in [5.41, 5.74) is 2.81. The fourth-order valence-electron chi connectivity index (χ4n) is 4.68. The van der Waals surface area contributed by atoms with Crippen LogP contribution in [0.1, 0.15) is 57.3 Å². The number of carbonyl (C=O) groups excluding carboxylic acids is 2. The second-order valence-corrected chi connectivity index (χ2v) is 9.51. The largest absolute Gasteiger partial charge is 0.493 e. The molecule has 38 heavy (non-hydrogen) atoms.